The van der Waals surface area contributed by atoms with Gasteiger partial charge in [-0.2, -0.15) is 0 Å². The Morgan fingerprint density at radius 2 is 1.77 bits per heavy atom. The third-order valence-electron chi connectivity index (χ3n) is 5.69. The molecule has 0 bridgehead atoms. The van der Waals surface area contributed by atoms with Crippen LogP contribution >= 0.6 is 11.3 Å². The predicted molar refractivity (Wildman–Crippen MR) is 128 cm³/mol. The zero-order chi connectivity index (χ0) is 20.9. The van der Waals surface area contributed by atoms with Gasteiger partial charge in [-0.1, -0.05) is 71.5 Å². The fraction of sp³-hybridized carbons (Fsp3) is 0.0769. The molecule has 5 heteroatoms. The number of nitrogens with zero attached hydrogens (tertiary/aromatic N) is 3. The van der Waals surface area contributed by atoms with Gasteiger partial charge in [-0.25, -0.2) is 9.38 Å². The van der Waals surface area contributed by atoms with Gasteiger partial charge in [0.2, 0.25) is 0 Å². The number of para-hydroxylation sites is 3. The number of imidazole rings is 1. The summed E-state index contributed by atoms with van der Waals surface area (Å²) in [5, 5.41) is 1.14. The average molecular weight is 422 g/mol. The molecule has 0 aliphatic heterocycles. The van der Waals surface area contributed by atoms with Crippen molar-refractivity contribution in [1.82, 2.24) is 14.0 Å². The Labute approximate surface area is 182 Å². The molecule has 3 heterocycles. The first-order valence-corrected chi connectivity index (χ1v) is 11.0. The minimum absolute atomic E-state index is 0.00999. The Morgan fingerprint density at radius 3 is 2.65 bits per heavy atom. The van der Waals surface area contributed by atoms with Crippen LogP contribution in [0.1, 0.15) is 16.7 Å². The molecule has 0 saturated heterocycles. The third-order valence-corrected chi connectivity index (χ3v) is 6.66. The van der Waals surface area contributed by atoms with Crippen LogP contribution in [0.25, 0.3) is 33.0 Å². The summed E-state index contributed by atoms with van der Waals surface area (Å²) in [6.07, 6.45) is 4.15. The van der Waals surface area contributed by atoms with E-state index in [4.69, 9.17) is 0 Å². The summed E-state index contributed by atoms with van der Waals surface area (Å²) in [7, 11) is 0. The lowest BCUT2D eigenvalue weighted by Crippen LogP contribution is -2.22. The highest BCUT2D eigenvalue weighted by atomic mass is 32.1. The molecule has 0 spiro atoms. The second-order valence-electron chi connectivity index (χ2n) is 7.85. The van der Waals surface area contributed by atoms with Crippen molar-refractivity contribution in [3.8, 4) is 0 Å². The number of benzene rings is 3. The molecule has 0 radical (unpaired) electrons. The summed E-state index contributed by atoms with van der Waals surface area (Å²) in [6.45, 7) is 2.90. The first-order valence-electron chi connectivity index (χ1n) is 10.2. The summed E-state index contributed by atoms with van der Waals surface area (Å²) in [5.41, 5.74) is 6.43. The van der Waals surface area contributed by atoms with Crippen LogP contribution in [-0.2, 0) is 6.54 Å². The van der Waals surface area contributed by atoms with Gasteiger partial charge in [0.15, 0.2) is 4.96 Å². The summed E-state index contributed by atoms with van der Waals surface area (Å²) in [4.78, 5) is 18.5. The van der Waals surface area contributed by atoms with Crippen LogP contribution in [0.15, 0.2) is 83.8 Å². The Balaban J connectivity index is 1.53. The molecule has 3 aromatic heterocycles. The van der Waals surface area contributed by atoms with Gasteiger partial charge in [0.25, 0.3) is 5.56 Å². The molecule has 0 N–H and O–H groups in total. The summed E-state index contributed by atoms with van der Waals surface area (Å²) in [6, 6.07) is 24.7. The molecule has 0 saturated carbocycles. The van der Waals surface area contributed by atoms with Gasteiger partial charge in [-0.3, -0.25) is 4.79 Å². The quantitative estimate of drug-likeness (QED) is 0.413. The molecular formula is C26H19N3OS. The Bertz CT molecular complexity index is 1700. The number of hydrogen-bond acceptors (Lipinski definition) is 3. The smallest absolute Gasteiger partial charge is 0.274 e. The van der Waals surface area contributed by atoms with Crippen LogP contribution in [0, 0.1) is 6.92 Å². The van der Waals surface area contributed by atoms with Crippen molar-refractivity contribution in [3.63, 3.8) is 0 Å². The SMILES string of the molecule is Cc1cccc(Cn2cc(/C=c3/sc4nc5ccccc5n4c3=O)c3ccccc32)c1. The number of fused-ring (bicyclic) bond motifs is 4. The maximum Gasteiger partial charge on any atom is 0.274 e. The van der Waals surface area contributed by atoms with Gasteiger partial charge < -0.3 is 4.57 Å². The first-order chi connectivity index (χ1) is 15.2. The molecular weight excluding hydrogens is 402 g/mol. The van der Waals surface area contributed by atoms with Crippen molar-refractivity contribution in [2.75, 3.05) is 0 Å². The van der Waals surface area contributed by atoms with Gasteiger partial charge in [0, 0.05) is 29.2 Å². The molecule has 3 aromatic carbocycles. The lowest BCUT2D eigenvalue weighted by atomic mass is 10.1. The molecule has 0 atom stereocenters. The molecule has 0 fully saturated rings. The van der Waals surface area contributed by atoms with E-state index in [2.05, 4.69) is 65.1 Å². The minimum atomic E-state index is -0.00999. The van der Waals surface area contributed by atoms with E-state index in [-0.39, 0.29) is 5.56 Å². The van der Waals surface area contributed by atoms with Crippen LogP contribution < -0.4 is 10.1 Å². The molecule has 0 aliphatic carbocycles. The van der Waals surface area contributed by atoms with E-state index < -0.39 is 0 Å². The number of rotatable bonds is 3. The highest BCUT2D eigenvalue weighted by molar-refractivity contribution is 7.15. The van der Waals surface area contributed by atoms with Gasteiger partial charge in [-0.15, -0.1) is 0 Å². The van der Waals surface area contributed by atoms with Crippen molar-refractivity contribution in [2.24, 2.45) is 0 Å². The fourth-order valence-corrected chi connectivity index (χ4v) is 5.26. The fourth-order valence-electron chi connectivity index (χ4n) is 4.28. The highest BCUT2D eigenvalue weighted by Gasteiger charge is 2.12. The lowest BCUT2D eigenvalue weighted by Gasteiger charge is -2.06. The topological polar surface area (TPSA) is 39.3 Å². The second kappa shape index (κ2) is 6.93. The van der Waals surface area contributed by atoms with Crippen LogP contribution in [0.3, 0.4) is 0 Å². The van der Waals surface area contributed by atoms with E-state index in [0.717, 1.165) is 39.0 Å². The summed E-state index contributed by atoms with van der Waals surface area (Å²) < 4.78 is 4.68. The van der Waals surface area contributed by atoms with Crippen molar-refractivity contribution in [2.45, 2.75) is 13.5 Å². The number of hydrogen-bond donors (Lipinski definition) is 0. The maximum absolute atomic E-state index is 13.2. The molecule has 4 nitrogen and oxygen atoms in total. The molecule has 6 rings (SSSR count). The van der Waals surface area contributed by atoms with E-state index in [1.807, 2.05) is 36.4 Å². The van der Waals surface area contributed by atoms with Crippen LogP contribution in [0.2, 0.25) is 0 Å². The standard InChI is InChI=1S/C26H19N3OS/c1-17-7-6-8-18(13-17)15-28-16-19(20-9-2-4-11-22(20)28)14-24-25(30)29-23-12-5-3-10-21(23)27-26(29)31-24/h2-14,16H,15H2,1H3/b24-14+. The van der Waals surface area contributed by atoms with Crippen molar-refractivity contribution < 1.29 is 0 Å². The summed E-state index contributed by atoms with van der Waals surface area (Å²) >= 11 is 1.44. The lowest BCUT2D eigenvalue weighted by molar-refractivity contribution is 0.835. The molecule has 0 amide bonds. The van der Waals surface area contributed by atoms with E-state index in [9.17, 15) is 4.79 Å². The minimum Gasteiger partial charge on any atom is -0.342 e. The van der Waals surface area contributed by atoms with Gasteiger partial charge in [0.05, 0.1) is 15.6 Å². The van der Waals surface area contributed by atoms with Gasteiger partial charge >= 0.3 is 0 Å². The highest BCUT2D eigenvalue weighted by Crippen LogP contribution is 2.24. The van der Waals surface area contributed by atoms with E-state index in [1.54, 1.807) is 4.40 Å². The van der Waals surface area contributed by atoms with Crippen LogP contribution in [-0.4, -0.2) is 14.0 Å². The zero-order valence-electron chi connectivity index (χ0n) is 16.9. The van der Waals surface area contributed by atoms with Crippen LogP contribution in [0.5, 0.6) is 0 Å². The van der Waals surface area contributed by atoms with Gasteiger partial charge in [-0.05, 0) is 36.8 Å². The van der Waals surface area contributed by atoms with E-state index >= 15 is 0 Å². The van der Waals surface area contributed by atoms with Crippen molar-refractivity contribution in [1.29, 1.82) is 0 Å². The molecule has 6 aromatic rings. The number of aryl methyl sites for hydroxylation is 1. The Morgan fingerprint density at radius 1 is 0.968 bits per heavy atom. The summed E-state index contributed by atoms with van der Waals surface area (Å²) in [5.74, 6) is 0. The third kappa shape index (κ3) is 2.97. The number of aromatic nitrogens is 3. The monoisotopic (exact) mass is 421 g/mol. The molecule has 150 valence electrons. The maximum atomic E-state index is 13.2. The van der Waals surface area contributed by atoms with Crippen molar-refractivity contribution in [3.05, 3.63) is 111 Å². The molecule has 31 heavy (non-hydrogen) atoms. The first kappa shape index (κ1) is 18.1. The molecule has 0 unspecified atom stereocenters. The number of thiazole rings is 1. The second-order valence-corrected chi connectivity index (χ2v) is 8.86. The van der Waals surface area contributed by atoms with Gasteiger partial charge in [0.1, 0.15) is 0 Å². The Kier molecular flexibility index (Phi) is 4.04. The largest absolute Gasteiger partial charge is 0.342 e. The average Bonchev–Trinajstić information content (AvgIpc) is 3.40. The Hall–Kier alpha value is -3.70. The normalized spacial score (nSPS) is 12.5. The van der Waals surface area contributed by atoms with E-state index in [0.29, 0.717) is 4.53 Å². The van der Waals surface area contributed by atoms with E-state index in [1.165, 1.54) is 22.5 Å². The molecule has 0 aliphatic rings. The van der Waals surface area contributed by atoms with Crippen LogP contribution in [0.4, 0.5) is 0 Å². The van der Waals surface area contributed by atoms with Crippen molar-refractivity contribution >= 4 is 44.3 Å². The predicted octanol–water partition coefficient (Wildman–Crippen LogP) is 4.77. The zero-order valence-corrected chi connectivity index (χ0v) is 17.8.